The summed E-state index contributed by atoms with van der Waals surface area (Å²) in [6, 6.07) is 0. The molecular formula is C16H30O2. The molecule has 1 atom stereocenters. The fourth-order valence-corrected chi connectivity index (χ4v) is 1.83. The van der Waals surface area contributed by atoms with Crippen LogP contribution in [0.1, 0.15) is 72.1 Å². The molecule has 0 heterocycles. The lowest BCUT2D eigenvalue weighted by molar-refractivity contribution is -0.144. The molecule has 1 unspecified atom stereocenters. The molecule has 0 N–H and O–H groups in total. The zero-order chi connectivity index (χ0) is 13.6. The third-order valence-electron chi connectivity index (χ3n) is 3.17. The molecule has 0 aliphatic carbocycles. The number of hydrogen-bond donors (Lipinski definition) is 0. The van der Waals surface area contributed by atoms with E-state index in [9.17, 15) is 4.79 Å². The Morgan fingerprint density at radius 1 is 1.22 bits per heavy atom. The van der Waals surface area contributed by atoms with Crippen LogP contribution in [-0.4, -0.2) is 12.6 Å². The maximum atomic E-state index is 11.4. The molecule has 106 valence electrons. The first kappa shape index (κ1) is 17.2. The van der Waals surface area contributed by atoms with Crippen LogP contribution in [0.4, 0.5) is 0 Å². The minimum absolute atomic E-state index is 0.0215. The van der Waals surface area contributed by atoms with Crippen LogP contribution in [0, 0.1) is 5.92 Å². The summed E-state index contributed by atoms with van der Waals surface area (Å²) in [5, 5.41) is 0. The number of unbranched alkanes of at least 4 members (excludes halogenated alkanes) is 3. The molecule has 0 bridgehead atoms. The van der Waals surface area contributed by atoms with Crippen molar-refractivity contribution in [3.63, 3.8) is 0 Å². The Bertz CT molecular complexity index is 221. The minimum atomic E-state index is -0.0215. The number of rotatable bonds is 11. The van der Waals surface area contributed by atoms with Gasteiger partial charge in [0.25, 0.3) is 0 Å². The summed E-state index contributed by atoms with van der Waals surface area (Å²) in [4.78, 5) is 11.4. The third-order valence-corrected chi connectivity index (χ3v) is 3.17. The van der Waals surface area contributed by atoms with E-state index in [1.165, 1.54) is 19.3 Å². The average molecular weight is 254 g/mol. The summed E-state index contributed by atoms with van der Waals surface area (Å²) in [6.07, 6.45) is 12.7. The second-order valence-electron chi connectivity index (χ2n) is 5.07. The van der Waals surface area contributed by atoms with Gasteiger partial charge in [-0.25, -0.2) is 0 Å². The molecule has 0 amide bonds. The average Bonchev–Trinajstić information content (AvgIpc) is 2.35. The van der Waals surface area contributed by atoms with Crippen LogP contribution in [0.3, 0.4) is 0 Å². The van der Waals surface area contributed by atoms with Crippen LogP contribution in [0.25, 0.3) is 0 Å². The first-order chi connectivity index (χ1) is 8.70. The molecule has 2 nitrogen and oxygen atoms in total. The predicted molar refractivity (Wildman–Crippen MR) is 77.5 cm³/mol. The summed E-state index contributed by atoms with van der Waals surface area (Å²) in [7, 11) is 0. The Morgan fingerprint density at radius 3 is 2.67 bits per heavy atom. The van der Waals surface area contributed by atoms with E-state index < -0.39 is 0 Å². The van der Waals surface area contributed by atoms with Crippen molar-refractivity contribution in [3.05, 3.63) is 12.2 Å². The van der Waals surface area contributed by atoms with Crippen molar-refractivity contribution in [2.24, 2.45) is 5.92 Å². The summed E-state index contributed by atoms with van der Waals surface area (Å²) in [5.41, 5.74) is 0. The highest BCUT2D eigenvalue weighted by Gasteiger charge is 2.05. The predicted octanol–water partition coefficient (Wildman–Crippen LogP) is 4.88. The Labute approximate surface area is 113 Å². The maximum Gasteiger partial charge on any atom is 0.305 e. The summed E-state index contributed by atoms with van der Waals surface area (Å²) < 4.78 is 5.24. The molecule has 2 heteroatoms. The Hall–Kier alpha value is -0.790. The Balaban J connectivity index is 3.38. The van der Waals surface area contributed by atoms with Gasteiger partial charge < -0.3 is 4.74 Å². The molecule has 0 saturated carbocycles. The molecule has 0 spiro atoms. The summed E-state index contributed by atoms with van der Waals surface area (Å²) in [5.74, 6) is 0.612. The van der Waals surface area contributed by atoms with Crippen molar-refractivity contribution in [2.75, 3.05) is 6.61 Å². The maximum absolute atomic E-state index is 11.4. The fourth-order valence-electron chi connectivity index (χ4n) is 1.83. The highest BCUT2D eigenvalue weighted by Crippen LogP contribution is 2.11. The standard InChI is InChI=1S/C16H30O2/c1-4-6-8-10-12-16(17)18-14-13-15(3)11-9-7-5-2/h5,7,15H,4,6,8-14H2,1-3H3/b7-5+. The van der Waals surface area contributed by atoms with Gasteiger partial charge in [-0.3, -0.25) is 4.79 Å². The van der Waals surface area contributed by atoms with Crippen molar-refractivity contribution < 1.29 is 9.53 Å². The van der Waals surface area contributed by atoms with E-state index in [0.717, 1.165) is 25.7 Å². The van der Waals surface area contributed by atoms with E-state index in [1.807, 2.05) is 6.92 Å². The molecule has 18 heavy (non-hydrogen) atoms. The van der Waals surface area contributed by atoms with Gasteiger partial charge in [-0.05, 0) is 38.5 Å². The minimum Gasteiger partial charge on any atom is -0.466 e. The van der Waals surface area contributed by atoms with Crippen molar-refractivity contribution >= 4 is 5.97 Å². The smallest absolute Gasteiger partial charge is 0.305 e. The van der Waals surface area contributed by atoms with Crippen molar-refractivity contribution in [1.82, 2.24) is 0 Å². The van der Waals surface area contributed by atoms with Crippen LogP contribution >= 0.6 is 0 Å². The normalized spacial score (nSPS) is 12.8. The first-order valence-corrected chi connectivity index (χ1v) is 7.47. The highest BCUT2D eigenvalue weighted by atomic mass is 16.5. The highest BCUT2D eigenvalue weighted by molar-refractivity contribution is 5.69. The molecule has 0 rings (SSSR count). The van der Waals surface area contributed by atoms with Crippen LogP contribution in [-0.2, 0) is 9.53 Å². The van der Waals surface area contributed by atoms with Crippen molar-refractivity contribution in [2.45, 2.75) is 72.1 Å². The van der Waals surface area contributed by atoms with Crippen LogP contribution in [0.2, 0.25) is 0 Å². The van der Waals surface area contributed by atoms with Gasteiger partial charge in [-0.1, -0.05) is 45.3 Å². The largest absolute Gasteiger partial charge is 0.466 e. The number of allylic oxidation sites excluding steroid dienone is 2. The second kappa shape index (κ2) is 12.7. The Kier molecular flexibility index (Phi) is 12.1. The lowest BCUT2D eigenvalue weighted by atomic mass is 10.0. The molecule has 0 aliphatic rings. The van der Waals surface area contributed by atoms with Crippen LogP contribution in [0.15, 0.2) is 12.2 Å². The second-order valence-corrected chi connectivity index (χ2v) is 5.07. The first-order valence-electron chi connectivity index (χ1n) is 7.47. The van der Waals surface area contributed by atoms with Gasteiger partial charge >= 0.3 is 5.97 Å². The van der Waals surface area contributed by atoms with Crippen molar-refractivity contribution in [1.29, 1.82) is 0 Å². The SMILES string of the molecule is C/C=C/CCC(C)CCOC(=O)CCCCCC. The molecule has 0 saturated heterocycles. The number of hydrogen-bond acceptors (Lipinski definition) is 2. The van der Waals surface area contributed by atoms with Gasteiger partial charge in [0.15, 0.2) is 0 Å². The quantitative estimate of drug-likeness (QED) is 0.298. The lowest BCUT2D eigenvalue weighted by Gasteiger charge is -2.10. The zero-order valence-corrected chi connectivity index (χ0v) is 12.4. The van der Waals surface area contributed by atoms with E-state index in [2.05, 4.69) is 26.0 Å². The number of esters is 1. The molecule has 0 fully saturated rings. The monoisotopic (exact) mass is 254 g/mol. The molecule has 0 aromatic heterocycles. The van der Waals surface area contributed by atoms with Crippen LogP contribution in [0.5, 0.6) is 0 Å². The molecule has 0 aromatic rings. The van der Waals surface area contributed by atoms with Gasteiger partial charge in [-0.15, -0.1) is 0 Å². The summed E-state index contributed by atoms with van der Waals surface area (Å²) in [6.45, 7) is 7.03. The van der Waals surface area contributed by atoms with E-state index >= 15 is 0 Å². The molecule has 0 radical (unpaired) electrons. The van der Waals surface area contributed by atoms with E-state index in [0.29, 0.717) is 18.9 Å². The number of carbonyl (C=O) groups excluding carboxylic acids is 1. The van der Waals surface area contributed by atoms with E-state index in [1.54, 1.807) is 0 Å². The number of ether oxygens (including phenoxy) is 1. The molecular weight excluding hydrogens is 224 g/mol. The molecule has 0 aromatic carbocycles. The topological polar surface area (TPSA) is 26.3 Å². The van der Waals surface area contributed by atoms with E-state index in [-0.39, 0.29) is 5.97 Å². The third kappa shape index (κ3) is 11.7. The van der Waals surface area contributed by atoms with Crippen molar-refractivity contribution in [3.8, 4) is 0 Å². The zero-order valence-electron chi connectivity index (χ0n) is 12.4. The number of carbonyl (C=O) groups is 1. The van der Waals surface area contributed by atoms with Crippen LogP contribution < -0.4 is 0 Å². The summed E-state index contributed by atoms with van der Waals surface area (Å²) >= 11 is 0. The van der Waals surface area contributed by atoms with Gasteiger partial charge in [-0.2, -0.15) is 0 Å². The Morgan fingerprint density at radius 2 is 2.00 bits per heavy atom. The fraction of sp³-hybridized carbons (Fsp3) is 0.812. The molecule has 0 aliphatic heterocycles. The van der Waals surface area contributed by atoms with Gasteiger partial charge in [0.2, 0.25) is 0 Å². The lowest BCUT2D eigenvalue weighted by Crippen LogP contribution is -2.08. The van der Waals surface area contributed by atoms with E-state index in [4.69, 9.17) is 4.74 Å². The van der Waals surface area contributed by atoms with Gasteiger partial charge in [0.1, 0.15) is 0 Å². The van der Waals surface area contributed by atoms with Gasteiger partial charge in [0.05, 0.1) is 6.61 Å². The van der Waals surface area contributed by atoms with Gasteiger partial charge in [0, 0.05) is 6.42 Å².